The minimum atomic E-state index is -0.769. The second-order valence-electron chi connectivity index (χ2n) is 10.1. The van der Waals surface area contributed by atoms with Crippen LogP contribution in [-0.4, -0.2) is 85.8 Å². The minimum Gasteiger partial charge on any atom is -0.389 e. The molecule has 0 saturated carbocycles. The Kier molecular flexibility index (Phi) is 5.19. The van der Waals surface area contributed by atoms with Gasteiger partial charge in [0, 0.05) is 13.5 Å². The molecular weight excluding hydrogens is 410 g/mol. The van der Waals surface area contributed by atoms with Gasteiger partial charge in [-0.3, -0.25) is 0 Å². The van der Waals surface area contributed by atoms with E-state index in [1.54, 1.807) is 7.11 Å². The molecule has 0 bridgehead atoms. The normalized spacial score (nSPS) is 47.4. The molecule has 0 spiro atoms. The average molecular weight is 443 g/mol. The number of hydrogen-bond acceptors (Lipinski definition) is 10. The SMILES string of the molecule is CO[C@H]1O[C@H]([C@@H]2CC([C@H]3OC(C)(C)O[C@@H]3[C@H]3COC(C)(C)O3)=NO2)[C@@H]2OC(C)(C)O[C@H]12. The quantitative estimate of drug-likeness (QED) is 0.643. The van der Waals surface area contributed by atoms with Gasteiger partial charge in [0.15, 0.2) is 29.8 Å². The predicted molar refractivity (Wildman–Crippen MR) is 105 cm³/mol. The molecule has 31 heavy (non-hydrogen) atoms. The zero-order valence-corrected chi connectivity index (χ0v) is 19.2. The van der Waals surface area contributed by atoms with Crippen molar-refractivity contribution in [2.75, 3.05) is 13.7 Å². The third kappa shape index (κ3) is 4.02. The summed E-state index contributed by atoms with van der Waals surface area (Å²) < 4.78 is 47.8. The minimum absolute atomic E-state index is 0.263. The highest BCUT2D eigenvalue weighted by Gasteiger charge is 2.60. The van der Waals surface area contributed by atoms with Crippen LogP contribution in [-0.2, 0) is 42.7 Å². The lowest BCUT2D eigenvalue weighted by atomic mass is 9.96. The third-order valence-corrected chi connectivity index (χ3v) is 6.22. The van der Waals surface area contributed by atoms with Crippen molar-refractivity contribution in [2.45, 2.75) is 114 Å². The van der Waals surface area contributed by atoms with E-state index >= 15 is 0 Å². The molecule has 10 nitrogen and oxygen atoms in total. The van der Waals surface area contributed by atoms with E-state index in [4.69, 9.17) is 42.7 Å². The molecule has 0 N–H and O–H groups in total. The van der Waals surface area contributed by atoms with Crippen molar-refractivity contribution in [3.63, 3.8) is 0 Å². The molecule has 0 radical (unpaired) electrons. The van der Waals surface area contributed by atoms with E-state index in [9.17, 15) is 0 Å². The van der Waals surface area contributed by atoms with E-state index < -0.39 is 29.8 Å². The topological polar surface area (TPSA) is 95.4 Å². The van der Waals surface area contributed by atoms with Crippen molar-refractivity contribution in [3.8, 4) is 0 Å². The predicted octanol–water partition coefficient (Wildman–Crippen LogP) is 1.69. The Hall–Kier alpha value is -0.850. The van der Waals surface area contributed by atoms with E-state index in [1.807, 2.05) is 41.5 Å². The van der Waals surface area contributed by atoms with Crippen LogP contribution >= 0.6 is 0 Å². The van der Waals surface area contributed by atoms with Crippen molar-refractivity contribution in [1.29, 1.82) is 0 Å². The Morgan fingerprint density at radius 1 is 0.774 bits per heavy atom. The summed E-state index contributed by atoms with van der Waals surface area (Å²) in [5.41, 5.74) is 0.757. The molecule has 0 aromatic carbocycles. The number of ether oxygens (including phenoxy) is 8. The summed E-state index contributed by atoms with van der Waals surface area (Å²) in [6.45, 7) is 11.7. The lowest BCUT2D eigenvalue weighted by molar-refractivity contribution is -0.238. The molecule has 0 unspecified atom stereocenters. The molecule has 0 aromatic heterocycles. The maximum atomic E-state index is 6.21. The molecule has 0 amide bonds. The van der Waals surface area contributed by atoms with Crippen molar-refractivity contribution in [2.24, 2.45) is 5.16 Å². The molecule has 8 atom stereocenters. The van der Waals surface area contributed by atoms with Gasteiger partial charge in [0.1, 0.15) is 36.6 Å². The van der Waals surface area contributed by atoms with Crippen LogP contribution in [0.2, 0.25) is 0 Å². The van der Waals surface area contributed by atoms with Crippen LogP contribution in [0.5, 0.6) is 0 Å². The maximum Gasteiger partial charge on any atom is 0.186 e. The van der Waals surface area contributed by atoms with Crippen molar-refractivity contribution < 1.29 is 42.7 Å². The van der Waals surface area contributed by atoms with Crippen LogP contribution < -0.4 is 0 Å². The van der Waals surface area contributed by atoms with Crippen LogP contribution in [0.1, 0.15) is 48.0 Å². The van der Waals surface area contributed by atoms with Crippen molar-refractivity contribution in [1.82, 2.24) is 0 Å². The summed E-state index contributed by atoms with van der Waals surface area (Å²) in [6.07, 6.45) is -2.37. The molecule has 10 heteroatoms. The number of methoxy groups -OCH3 is 1. The fourth-order valence-electron chi connectivity index (χ4n) is 5.04. The van der Waals surface area contributed by atoms with Crippen LogP contribution in [0, 0.1) is 0 Å². The summed E-state index contributed by atoms with van der Waals surface area (Å²) in [4.78, 5) is 5.82. The average Bonchev–Trinajstić information content (AvgIpc) is 3.43. The van der Waals surface area contributed by atoms with Gasteiger partial charge in [-0.15, -0.1) is 0 Å². The molecule has 5 heterocycles. The summed E-state index contributed by atoms with van der Waals surface area (Å²) in [5.74, 6) is -2.13. The van der Waals surface area contributed by atoms with E-state index in [2.05, 4.69) is 5.16 Å². The molecule has 5 aliphatic heterocycles. The second-order valence-corrected chi connectivity index (χ2v) is 10.1. The number of hydrogen-bond donors (Lipinski definition) is 0. The summed E-state index contributed by atoms with van der Waals surface area (Å²) in [6, 6.07) is 0. The van der Waals surface area contributed by atoms with Crippen LogP contribution in [0.25, 0.3) is 0 Å². The first-order chi connectivity index (χ1) is 14.5. The highest BCUT2D eigenvalue weighted by Crippen LogP contribution is 2.43. The summed E-state index contributed by atoms with van der Waals surface area (Å²) >= 11 is 0. The smallest absolute Gasteiger partial charge is 0.186 e. The number of nitrogens with zero attached hydrogens (tertiary/aromatic N) is 1. The summed E-state index contributed by atoms with van der Waals surface area (Å²) in [5, 5.41) is 4.37. The Morgan fingerprint density at radius 3 is 2.13 bits per heavy atom. The lowest BCUT2D eigenvalue weighted by Crippen LogP contribution is -2.43. The molecule has 4 saturated heterocycles. The molecule has 176 valence electrons. The Morgan fingerprint density at radius 2 is 1.45 bits per heavy atom. The Bertz CT molecular complexity index is 738. The number of fused-ring (bicyclic) bond motifs is 1. The first-order valence-electron chi connectivity index (χ1n) is 10.9. The van der Waals surface area contributed by atoms with Crippen LogP contribution in [0.4, 0.5) is 0 Å². The van der Waals surface area contributed by atoms with E-state index in [-0.39, 0.29) is 36.6 Å². The fraction of sp³-hybridized carbons (Fsp3) is 0.952. The first kappa shape index (κ1) is 22.0. The van der Waals surface area contributed by atoms with E-state index in [0.29, 0.717) is 13.0 Å². The second kappa shape index (κ2) is 7.33. The van der Waals surface area contributed by atoms with Gasteiger partial charge in [0.05, 0.1) is 12.3 Å². The van der Waals surface area contributed by atoms with Gasteiger partial charge in [0.25, 0.3) is 0 Å². The van der Waals surface area contributed by atoms with Crippen LogP contribution in [0.3, 0.4) is 0 Å². The molecule has 4 fully saturated rings. The fourth-order valence-corrected chi connectivity index (χ4v) is 5.04. The van der Waals surface area contributed by atoms with Crippen LogP contribution in [0.15, 0.2) is 5.16 Å². The lowest BCUT2D eigenvalue weighted by Gasteiger charge is -2.26. The monoisotopic (exact) mass is 443 g/mol. The number of rotatable bonds is 4. The van der Waals surface area contributed by atoms with Gasteiger partial charge in [-0.1, -0.05) is 5.16 Å². The molecule has 0 aliphatic carbocycles. The van der Waals surface area contributed by atoms with E-state index in [1.165, 1.54) is 0 Å². The van der Waals surface area contributed by atoms with Gasteiger partial charge in [0.2, 0.25) is 0 Å². The van der Waals surface area contributed by atoms with Crippen molar-refractivity contribution >= 4 is 5.71 Å². The van der Waals surface area contributed by atoms with Crippen molar-refractivity contribution in [3.05, 3.63) is 0 Å². The molecular formula is C21H33NO9. The maximum absolute atomic E-state index is 6.21. The van der Waals surface area contributed by atoms with Gasteiger partial charge in [-0.05, 0) is 41.5 Å². The van der Waals surface area contributed by atoms with Gasteiger partial charge in [-0.25, -0.2) is 0 Å². The Balaban J connectivity index is 1.29. The Labute approximate surface area is 182 Å². The highest BCUT2D eigenvalue weighted by molar-refractivity contribution is 5.90. The van der Waals surface area contributed by atoms with Gasteiger partial charge in [-0.2, -0.15) is 0 Å². The summed E-state index contributed by atoms with van der Waals surface area (Å²) in [7, 11) is 1.60. The standard InChI is InChI=1S/C21H33NO9/c1-19(2)24-9-12(26-19)15-13(27-20(3,4)28-15)10-8-11(31-22-10)14-16-17(18(23-7)25-14)30-21(5,6)29-16/h11-18H,8-9H2,1-7H3/t11-,12+,13+,14+,15+,16-,17-,18-/m0/s1. The van der Waals surface area contributed by atoms with E-state index in [0.717, 1.165) is 5.71 Å². The number of oxime groups is 1. The largest absolute Gasteiger partial charge is 0.389 e. The molecule has 5 rings (SSSR count). The van der Waals surface area contributed by atoms with Gasteiger partial charge < -0.3 is 42.7 Å². The molecule has 0 aromatic rings. The molecule has 5 aliphatic rings. The highest BCUT2D eigenvalue weighted by atomic mass is 16.8. The zero-order chi connectivity index (χ0) is 22.2. The van der Waals surface area contributed by atoms with Gasteiger partial charge >= 0.3 is 0 Å². The first-order valence-corrected chi connectivity index (χ1v) is 10.9. The zero-order valence-electron chi connectivity index (χ0n) is 19.2. The third-order valence-electron chi connectivity index (χ3n) is 6.22.